The molecule has 1 aromatic heterocycles. The van der Waals surface area contributed by atoms with E-state index < -0.39 is 5.91 Å². The van der Waals surface area contributed by atoms with Gasteiger partial charge >= 0.3 is 0 Å². The van der Waals surface area contributed by atoms with E-state index in [-0.39, 0.29) is 18.2 Å². The van der Waals surface area contributed by atoms with Gasteiger partial charge in [0.1, 0.15) is 0 Å². The van der Waals surface area contributed by atoms with Crippen LogP contribution in [0.2, 0.25) is 0 Å². The number of halogens is 1. The summed E-state index contributed by atoms with van der Waals surface area (Å²) in [4.78, 5) is 23.9. The highest BCUT2D eigenvalue weighted by Gasteiger charge is 2.12. The average molecular weight is 275 g/mol. The van der Waals surface area contributed by atoms with Crippen LogP contribution in [-0.2, 0) is 4.79 Å². The van der Waals surface area contributed by atoms with E-state index >= 15 is 0 Å². The zero-order chi connectivity index (χ0) is 11.4. The third-order valence-corrected chi connectivity index (χ3v) is 2.12. The van der Waals surface area contributed by atoms with Crippen molar-refractivity contribution in [2.45, 2.75) is 0 Å². The lowest BCUT2D eigenvalue weighted by Crippen LogP contribution is -2.36. The van der Waals surface area contributed by atoms with Gasteiger partial charge in [-0.3, -0.25) is 9.59 Å². The molecule has 0 bridgehead atoms. The Balaban J connectivity index is 2.47. The third-order valence-electron chi connectivity index (χ3n) is 1.70. The molecule has 1 heterocycles. The second kappa shape index (κ2) is 4.97. The highest BCUT2D eigenvalue weighted by molar-refractivity contribution is 9.10. The fourth-order valence-electron chi connectivity index (χ4n) is 0.837. The van der Waals surface area contributed by atoms with E-state index in [2.05, 4.69) is 21.2 Å². The molecular formula is C9H11BrN2O3. The number of carbonyl (C=O) groups is 2. The Bertz CT molecular complexity index is 373. The molecule has 0 atom stereocenters. The van der Waals surface area contributed by atoms with E-state index in [0.29, 0.717) is 4.67 Å². The van der Waals surface area contributed by atoms with Crippen molar-refractivity contribution in [3.05, 3.63) is 22.6 Å². The van der Waals surface area contributed by atoms with Crippen LogP contribution in [0.1, 0.15) is 10.6 Å². The number of furan rings is 1. The van der Waals surface area contributed by atoms with Crippen molar-refractivity contribution in [3.63, 3.8) is 0 Å². The summed E-state index contributed by atoms with van der Waals surface area (Å²) in [6.45, 7) is -0.0375. The molecule has 2 amide bonds. The van der Waals surface area contributed by atoms with Crippen molar-refractivity contribution in [1.29, 1.82) is 0 Å². The predicted molar refractivity (Wildman–Crippen MR) is 57.4 cm³/mol. The summed E-state index contributed by atoms with van der Waals surface area (Å²) in [5, 5.41) is 2.45. The van der Waals surface area contributed by atoms with Crippen LogP contribution in [0.15, 0.2) is 21.2 Å². The minimum Gasteiger partial charge on any atom is -0.444 e. The molecule has 0 saturated heterocycles. The molecule has 5 nitrogen and oxygen atoms in total. The number of rotatable bonds is 3. The molecule has 1 rings (SSSR count). The van der Waals surface area contributed by atoms with Gasteiger partial charge in [0.15, 0.2) is 10.4 Å². The van der Waals surface area contributed by atoms with Crippen LogP contribution < -0.4 is 5.32 Å². The maximum atomic E-state index is 11.4. The minimum atomic E-state index is -0.407. The van der Waals surface area contributed by atoms with Gasteiger partial charge in [0.2, 0.25) is 5.91 Å². The van der Waals surface area contributed by atoms with Crippen molar-refractivity contribution in [3.8, 4) is 0 Å². The lowest BCUT2D eigenvalue weighted by atomic mass is 10.4. The van der Waals surface area contributed by atoms with Crippen molar-refractivity contribution in [2.75, 3.05) is 20.6 Å². The van der Waals surface area contributed by atoms with Gasteiger partial charge in [0.05, 0.1) is 6.54 Å². The summed E-state index contributed by atoms with van der Waals surface area (Å²) in [5.41, 5.74) is 0. The first-order chi connectivity index (χ1) is 7.00. The van der Waals surface area contributed by atoms with Crippen molar-refractivity contribution in [2.24, 2.45) is 0 Å². The average Bonchev–Trinajstić information content (AvgIpc) is 2.60. The summed E-state index contributed by atoms with van der Waals surface area (Å²) >= 11 is 3.08. The Morgan fingerprint density at radius 1 is 1.47 bits per heavy atom. The van der Waals surface area contributed by atoms with Gasteiger partial charge in [-0.05, 0) is 28.1 Å². The van der Waals surface area contributed by atoms with Gasteiger partial charge in [0, 0.05) is 14.1 Å². The first-order valence-electron chi connectivity index (χ1n) is 4.24. The second-order valence-corrected chi connectivity index (χ2v) is 3.86. The van der Waals surface area contributed by atoms with Crippen LogP contribution in [0.5, 0.6) is 0 Å². The number of hydrogen-bond acceptors (Lipinski definition) is 3. The van der Waals surface area contributed by atoms with Crippen molar-refractivity contribution >= 4 is 27.7 Å². The van der Waals surface area contributed by atoms with E-state index in [4.69, 9.17) is 4.42 Å². The van der Waals surface area contributed by atoms with Gasteiger partial charge < -0.3 is 14.6 Å². The van der Waals surface area contributed by atoms with E-state index in [1.807, 2.05) is 0 Å². The minimum absolute atomic E-state index is 0.0375. The number of carbonyl (C=O) groups excluding carboxylic acids is 2. The van der Waals surface area contributed by atoms with Crippen molar-refractivity contribution < 1.29 is 14.0 Å². The summed E-state index contributed by atoms with van der Waals surface area (Å²) in [7, 11) is 3.25. The Morgan fingerprint density at radius 2 is 2.13 bits per heavy atom. The fourth-order valence-corrected chi connectivity index (χ4v) is 1.14. The lowest BCUT2D eigenvalue weighted by Gasteiger charge is -2.09. The predicted octanol–water partition coefficient (Wildman–Crippen LogP) is 0.860. The molecule has 82 valence electrons. The monoisotopic (exact) mass is 274 g/mol. The molecule has 1 aromatic rings. The first-order valence-corrected chi connectivity index (χ1v) is 5.03. The van der Waals surface area contributed by atoms with E-state index in [9.17, 15) is 9.59 Å². The van der Waals surface area contributed by atoms with Crippen LogP contribution in [-0.4, -0.2) is 37.4 Å². The maximum Gasteiger partial charge on any atom is 0.287 e. The van der Waals surface area contributed by atoms with Gasteiger partial charge in [-0.1, -0.05) is 0 Å². The normalized spacial score (nSPS) is 9.80. The molecule has 0 radical (unpaired) electrons. The largest absolute Gasteiger partial charge is 0.444 e. The van der Waals surface area contributed by atoms with E-state index in [1.165, 1.54) is 11.0 Å². The molecule has 0 fully saturated rings. The maximum absolute atomic E-state index is 11.4. The summed E-state index contributed by atoms with van der Waals surface area (Å²) in [5.74, 6) is -0.404. The van der Waals surface area contributed by atoms with Crippen molar-refractivity contribution in [1.82, 2.24) is 10.2 Å². The molecule has 0 spiro atoms. The zero-order valence-corrected chi connectivity index (χ0v) is 10.00. The fraction of sp³-hybridized carbons (Fsp3) is 0.333. The number of likely N-dealkylation sites (N-methyl/N-ethyl adjacent to an activating group) is 1. The molecule has 0 aliphatic heterocycles. The molecule has 6 heteroatoms. The Hall–Kier alpha value is -1.30. The first kappa shape index (κ1) is 11.8. The number of nitrogens with one attached hydrogen (secondary N) is 1. The van der Waals surface area contributed by atoms with E-state index in [0.717, 1.165) is 0 Å². The zero-order valence-electron chi connectivity index (χ0n) is 8.41. The highest BCUT2D eigenvalue weighted by atomic mass is 79.9. The van der Waals surface area contributed by atoms with Gasteiger partial charge in [-0.25, -0.2) is 0 Å². The molecule has 1 N–H and O–H groups in total. The Labute approximate surface area is 95.6 Å². The van der Waals surface area contributed by atoms with Gasteiger partial charge in [0.25, 0.3) is 5.91 Å². The number of nitrogens with zero attached hydrogens (tertiary/aromatic N) is 1. The Morgan fingerprint density at radius 3 is 2.60 bits per heavy atom. The van der Waals surface area contributed by atoms with Gasteiger partial charge in [-0.2, -0.15) is 0 Å². The number of amides is 2. The molecule has 0 unspecified atom stereocenters. The number of hydrogen-bond donors (Lipinski definition) is 1. The molecule has 0 aliphatic carbocycles. The van der Waals surface area contributed by atoms with Crippen LogP contribution in [0.3, 0.4) is 0 Å². The van der Waals surface area contributed by atoms with Crippen LogP contribution in [0.4, 0.5) is 0 Å². The summed E-state index contributed by atoms with van der Waals surface area (Å²) in [6, 6.07) is 3.14. The lowest BCUT2D eigenvalue weighted by molar-refractivity contribution is -0.127. The smallest absolute Gasteiger partial charge is 0.287 e. The highest BCUT2D eigenvalue weighted by Crippen LogP contribution is 2.13. The van der Waals surface area contributed by atoms with Crippen LogP contribution >= 0.6 is 15.9 Å². The van der Waals surface area contributed by atoms with Crippen LogP contribution in [0, 0.1) is 0 Å². The SMILES string of the molecule is CN(C)C(=O)CNC(=O)c1ccc(Br)o1. The quantitative estimate of drug-likeness (QED) is 0.890. The van der Waals surface area contributed by atoms with E-state index in [1.54, 1.807) is 20.2 Å². The molecule has 0 saturated carbocycles. The second-order valence-electron chi connectivity index (χ2n) is 3.07. The molecular weight excluding hydrogens is 264 g/mol. The summed E-state index contributed by atoms with van der Waals surface area (Å²) in [6.07, 6.45) is 0. The topological polar surface area (TPSA) is 62.6 Å². The third kappa shape index (κ3) is 3.39. The molecule has 0 aliphatic rings. The van der Waals surface area contributed by atoms with Crippen LogP contribution in [0.25, 0.3) is 0 Å². The molecule has 0 aromatic carbocycles. The Kier molecular flexibility index (Phi) is 3.90. The summed E-state index contributed by atoms with van der Waals surface area (Å²) < 4.78 is 5.50. The molecule has 15 heavy (non-hydrogen) atoms. The standard InChI is InChI=1S/C9H11BrN2O3/c1-12(2)8(13)5-11-9(14)6-3-4-7(10)15-6/h3-4H,5H2,1-2H3,(H,11,14). The van der Waals surface area contributed by atoms with Gasteiger partial charge in [-0.15, -0.1) is 0 Å².